The number of alkyl halides is 3. The van der Waals surface area contributed by atoms with Gasteiger partial charge < -0.3 is 19.9 Å². The lowest BCUT2D eigenvalue weighted by atomic mass is 10.1. The highest BCUT2D eigenvalue weighted by Crippen LogP contribution is 2.24. The zero-order chi connectivity index (χ0) is 24.9. The molecular weight excluding hydrogens is 453 g/mol. The molecule has 0 bridgehead atoms. The number of carbonyl (C=O) groups is 2. The van der Waals surface area contributed by atoms with Gasteiger partial charge in [0.15, 0.2) is 0 Å². The first-order chi connectivity index (χ1) is 16.1. The summed E-state index contributed by atoms with van der Waals surface area (Å²) >= 11 is 0. The van der Waals surface area contributed by atoms with Crippen LogP contribution < -0.4 is 5.32 Å². The van der Waals surface area contributed by atoms with Gasteiger partial charge in [0, 0.05) is 50.8 Å². The van der Waals surface area contributed by atoms with Crippen LogP contribution in [0.5, 0.6) is 0 Å². The molecule has 1 aromatic carbocycles. The number of nitrogens with one attached hydrogen (secondary N) is 1. The Morgan fingerprint density at radius 2 is 1.91 bits per heavy atom. The summed E-state index contributed by atoms with van der Waals surface area (Å²) in [6.07, 6.45) is 0.561. The number of aliphatic carboxylic acids is 1. The van der Waals surface area contributed by atoms with Gasteiger partial charge in [0.25, 0.3) is 0 Å². The van der Waals surface area contributed by atoms with Gasteiger partial charge in [-0.3, -0.25) is 9.48 Å². The summed E-state index contributed by atoms with van der Waals surface area (Å²) in [6.45, 7) is 4.38. The normalized spacial score (nSPS) is 16.0. The molecule has 1 aliphatic rings. The molecule has 0 saturated carbocycles. The predicted molar refractivity (Wildman–Crippen MR) is 117 cm³/mol. The van der Waals surface area contributed by atoms with Gasteiger partial charge >= 0.3 is 12.1 Å². The van der Waals surface area contributed by atoms with Crippen molar-refractivity contribution in [3.8, 4) is 11.1 Å². The van der Waals surface area contributed by atoms with Gasteiger partial charge in [-0.05, 0) is 12.5 Å². The highest BCUT2D eigenvalue weighted by atomic mass is 19.4. The van der Waals surface area contributed by atoms with E-state index >= 15 is 0 Å². The van der Waals surface area contributed by atoms with E-state index in [1.807, 2.05) is 54.0 Å². The quantitative estimate of drug-likeness (QED) is 0.597. The second-order valence-electron chi connectivity index (χ2n) is 7.70. The number of imidazole rings is 1. The Morgan fingerprint density at radius 1 is 1.24 bits per heavy atom. The number of carboxylic acid groups (broad SMARTS) is 1. The fourth-order valence-corrected chi connectivity index (χ4v) is 3.66. The van der Waals surface area contributed by atoms with Gasteiger partial charge in [0.05, 0.1) is 5.69 Å². The molecule has 0 radical (unpaired) electrons. The van der Waals surface area contributed by atoms with Crippen molar-refractivity contribution >= 4 is 11.9 Å². The van der Waals surface area contributed by atoms with E-state index in [0.717, 1.165) is 29.2 Å². The maximum Gasteiger partial charge on any atom is 0.490 e. The van der Waals surface area contributed by atoms with E-state index in [2.05, 4.69) is 27.5 Å². The first-order valence-electron chi connectivity index (χ1n) is 10.4. The number of hydrogen-bond acceptors (Lipinski definition) is 5. The molecule has 1 unspecified atom stereocenters. The second-order valence-corrected chi connectivity index (χ2v) is 7.70. The third kappa shape index (κ3) is 6.01. The van der Waals surface area contributed by atoms with E-state index in [1.54, 1.807) is 10.9 Å². The van der Waals surface area contributed by atoms with E-state index in [4.69, 9.17) is 9.90 Å². The van der Waals surface area contributed by atoms with Crippen molar-refractivity contribution in [1.29, 1.82) is 0 Å². The zero-order valence-electron chi connectivity index (χ0n) is 18.7. The van der Waals surface area contributed by atoms with Gasteiger partial charge in [-0.1, -0.05) is 30.3 Å². The molecule has 3 aromatic rings. The molecule has 34 heavy (non-hydrogen) atoms. The molecule has 1 amide bonds. The Kier molecular flexibility index (Phi) is 7.72. The van der Waals surface area contributed by atoms with Crippen LogP contribution in [0.2, 0.25) is 0 Å². The van der Waals surface area contributed by atoms with Crippen LogP contribution in [-0.2, 0) is 23.2 Å². The van der Waals surface area contributed by atoms with Gasteiger partial charge in [-0.15, -0.1) is 0 Å². The molecule has 9 nitrogen and oxygen atoms in total. The summed E-state index contributed by atoms with van der Waals surface area (Å²) in [5, 5.41) is 15.0. The van der Waals surface area contributed by atoms with E-state index < -0.39 is 12.1 Å². The van der Waals surface area contributed by atoms with Crippen LogP contribution in [0.4, 0.5) is 13.2 Å². The number of nitrogens with zero attached hydrogens (tertiary/aromatic N) is 5. The van der Waals surface area contributed by atoms with Gasteiger partial charge in [0.1, 0.15) is 18.4 Å². The van der Waals surface area contributed by atoms with Crippen LogP contribution in [0.25, 0.3) is 11.1 Å². The zero-order valence-corrected chi connectivity index (χ0v) is 18.7. The number of rotatable bonds is 4. The minimum absolute atomic E-state index is 0.0588. The lowest BCUT2D eigenvalue weighted by Crippen LogP contribution is -2.50. The molecular formula is C22H25F3N6O3. The summed E-state index contributed by atoms with van der Waals surface area (Å²) in [7, 11) is 1.96. The van der Waals surface area contributed by atoms with Gasteiger partial charge in [0.2, 0.25) is 5.91 Å². The topological polar surface area (TPSA) is 105 Å². The fraction of sp³-hybridized carbons (Fsp3) is 0.364. The van der Waals surface area contributed by atoms with E-state index in [-0.39, 0.29) is 18.5 Å². The summed E-state index contributed by atoms with van der Waals surface area (Å²) < 4.78 is 35.5. The summed E-state index contributed by atoms with van der Waals surface area (Å²) in [5.74, 6) is -1.80. The Hall–Kier alpha value is -3.67. The number of carbonyl (C=O) groups excluding carboxylic acids is 1. The van der Waals surface area contributed by atoms with Gasteiger partial charge in [-0.2, -0.15) is 18.3 Å². The number of halogens is 3. The first kappa shape index (κ1) is 25.0. The first-order valence-corrected chi connectivity index (χ1v) is 10.4. The minimum Gasteiger partial charge on any atom is -0.475 e. The molecule has 2 aromatic heterocycles. The number of aryl methyl sites for hydroxylation is 2. The van der Waals surface area contributed by atoms with E-state index in [9.17, 15) is 18.0 Å². The molecule has 1 atom stereocenters. The molecule has 2 N–H and O–H groups in total. The van der Waals surface area contributed by atoms with E-state index in [0.29, 0.717) is 13.1 Å². The monoisotopic (exact) mass is 478 g/mol. The number of hydrogen-bond donors (Lipinski definition) is 2. The van der Waals surface area contributed by atoms with Gasteiger partial charge in [-0.25, -0.2) is 9.78 Å². The van der Waals surface area contributed by atoms with Crippen molar-refractivity contribution in [3.05, 3.63) is 60.4 Å². The number of piperazine rings is 1. The smallest absolute Gasteiger partial charge is 0.475 e. The highest BCUT2D eigenvalue weighted by Gasteiger charge is 2.38. The standard InChI is InChI=1S/C20H24N6O.C2HF3O2/c1-15-17(16-6-4-3-5-7-16)13-25(23-15)14-19(27)26-11-8-21-12-18(26)20-22-9-10-24(20)2;3-2(4,5)1(6)7/h3-7,9-10,13,18,21H,8,11-12,14H2,1-2H3;(H,6,7). The minimum atomic E-state index is -5.08. The Morgan fingerprint density at radius 3 is 2.50 bits per heavy atom. The molecule has 3 heterocycles. The molecule has 1 aliphatic heterocycles. The average molecular weight is 478 g/mol. The largest absolute Gasteiger partial charge is 0.490 e. The molecule has 1 fully saturated rings. The van der Waals surface area contributed by atoms with Crippen LogP contribution in [0.1, 0.15) is 17.6 Å². The molecule has 4 rings (SSSR count). The van der Waals surface area contributed by atoms with Crippen molar-refractivity contribution in [1.82, 2.24) is 29.5 Å². The molecule has 12 heteroatoms. The molecule has 1 saturated heterocycles. The molecule has 0 spiro atoms. The van der Waals surface area contributed by atoms with Crippen molar-refractivity contribution < 1.29 is 27.9 Å². The van der Waals surface area contributed by atoms with Crippen LogP contribution in [0, 0.1) is 6.92 Å². The maximum absolute atomic E-state index is 13.0. The number of benzene rings is 1. The molecule has 182 valence electrons. The number of amides is 1. The summed E-state index contributed by atoms with van der Waals surface area (Å²) in [6, 6.07) is 10.1. The van der Waals surface area contributed by atoms with Crippen molar-refractivity contribution in [2.45, 2.75) is 25.7 Å². The lowest BCUT2D eigenvalue weighted by molar-refractivity contribution is -0.192. The van der Waals surface area contributed by atoms with Crippen molar-refractivity contribution in [2.75, 3.05) is 19.6 Å². The van der Waals surface area contributed by atoms with Crippen molar-refractivity contribution in [2.24, 2.45) is 7.05 Å². The second kappa shape index (κ2) is 10.5. The number of aromatic nitrogens is 4. The third-order valence-electron chi connectivity index (χ3n) is 5.29. The van der Waals surface area contributed by atoms with Crippen LogP contribution in [0.15, 0.2) is 48.9 Å². The fourth-order valence-electron chi connectivity index (χ4n) is 3.66. The Labute approximate surface area is 193 Å². The Bertz CT molecular complexity index is 1130. The summed E-state index contributed by atoms with van der Waals surface area (Å²) in [5.41, 5.74) is 3.10. The lowest BCUT2D eigenvalue weighted by Gasteiger charge is -2.35. The Balaban J connectivity index is 0.000000406. The SMILES string of the molecule is Cc1nn(CC(=O)N2CCNCC2c2nccn2C)cc1-c1ccccc1.O=C(O)C(F)(F)F. The van der Waals surface area contributed by atoms with Crippen LogP contribution >= 0.6 is 0 Å². The third-order valence-corrected chi connectivity index (χ3v) is 5.29. The maximum atomic E-state index is 13.0. The highest BCUT2D eigenvalue weighted by molar-refractivity contribution is 5.77. The van der Waals surface area contributed by atoms with Crippen LogP contribution in [-0.4, -0.2) is 67.0 Å². The number of carboxylic acids is 1. The van der Waals surface area contributed by atoms with Crippen LogP contribution in [0.3, 0.4) is 0 Å². The average Bonchev–Trinajstić information content (AvgIpc) is 3.39. The summed E-state index contributed by atoms with van der Waals surface area (Å²) in [4.78, 5) is 28.3. The molecule has 0 aliphatic carbocycles. The van der Waals surface area contributed by atoms with E-state index in [1.165, 1.54) is 0 Å². The van der Waals surface area contributed by atoms with Crippen molar-refractivity contribution in [3.63, 3.8) is 0 Å². The predicted octanol–water partition coefficient (Wildman–Crippen LogP) is 2.40.